The van der Waals surface area contributed by atoms with E-state index in [0.717, 1.165) is 42.5 Å². The lowest BCUT2D eigenvalue weighted by molar-refractivity contribution is 0.916. The van der Waals surface area contributed by atoms with Gasteiger partial charge in [0.05, 0.1) is 5.75 Å². The Morgan fingerprint density at radius 3 is 2.65 bits per heavy atom. The number of aryl methyl sites for hydroxylation is 1. The highest BCUT2D eigenvalue weighted by Crippen LogP contribution is 2.13. The maximum absolute atomic E-state index is 4.56. The Balaban J connectivity index is 2.67. The van der Waals surface area contributed by atoms with Crippen molar-refractivity contribution >= 4 is 17.6 Å². The molecule has 96 valence electrons. The minimum Gasteiger partial charge on any atom is -0.370 e. The number of thioether (sulfide) groups is 1. The van der Waals surface area contributed by atoms with E-state index in [9.17, 15) is 0 Å². The van der Waals surface area contributed by atoms with Crippen molar-refractivity contribution in [1.29, 1.82) is 0 Å². The van der Waals surface area contributed by atoms with Crippen LogP contribution in [0.4, 0.5) is 5.82 Å². The van der Waals surface area contributed by atoms with Crippen LogP contribution in [0.1, 0.15) is 45.1 Å². The van der Waals surface area contributed by atoms with Crippen LogP contribution in [-0.2, 0) is 12.2 Å². The second kappa shape index (κ2) is 8.34. The summed E-state index contributed by atoms with van der Waals surface area (Å²) in [7, 11) is 0. The summed E-state index contributed by atoms with van der Waals surface area (Å²) in [6.45, 7) is 7.47. The summed E-state index contributed by atoms with van der Waals surface area (Å²) in [5.74, 6) is 4.03. The fourth-order valence-electron chi connectivity index (χ4n) is 1.45. The summed E-state index contributed by atoms with van der Waals surface area (Å²) in [4.78, 5) is 9.11. The molecule has 4 heteroatoms. The predicted octanol–water partition coefficient (Wildman–Crippen LogP) is 3.50. The van der Waals surface area contributed by atoms with Gasteiger partial charge < -0.3 is 5.32 Å². The van der Waals surface area contributed by atoms with Gasteiger partial charge in [0, 0.05) is 18.3 Å². The molecule has 1 aromatic heterocycles. The molecule has 0 aliphatic heterocycles. The van der Waals surface area contributed by atoms with Crippen LogP contribution in [-0.4, -0.2) is 22.3 Å². The molecule has 1 heterocycles. The van der Waals surface area contributed by atoms with E-state index in [1.165, 1.54) is 12.2 Å². The summed E-state index contributed by atoms with van der Waals surface area (Å²) in [6, 6.07) is 2.06. The van der Waals surface area contributed by atoms with Gasteiger partial charge in [-0.15, -0.1) is 0 Å². The van der Waals surface area contributed by atoms with Gasteiger partial charge in [0.2, 0.25) is 0 Å². The number of hydrogen-bond donors (Lipinski definition) is 1. The number of aromatic nitrogens is 2. The SMILES string of the molecule is CCCNc1cc(CC)nc(CSCCC)n1. The molecule has 0 bridgehead atoms. The summed E-state index contributed by atoms with van der Waals surface area (Å²) in [5, 5.41) is 3.34. The van der Waals surface area contributed by atoms with E-state index in [0.29, 0.717) is 0 Å². The van der Waals surface area contributed by atoms with E-state index >= 15 is 0 Å². The quantitative estimate of drug-likeness (QED) is 0.720. The van der Waals surface area contributed by atoms with E-state index in [2.05, 4.69) is 42.1 Å². The Morgan fingerprint density at radius 1 is 1.18 bits per heavy atom. The van der Waals surface area contributed by atoms with Crippen LogP contribution >= 0.6 is 11.8 Å². The largest absolute Gasteiger partial charge is 0.370 e. The average Bonchev–Trinajstić information content (AvgIpc) is 2.36. The molecule has 0 aromatic carbocycles. The molecule has 3 nitrogen and oxygen atoms in total. The molecule has 0 fully saturated rings. The Hall–Kier alpha value is -0.770. The van der Waals surface area contributed by atoms with Crippen molar-refractivity contribution in [2.75, 3.05) is 17.6 Å². The van der Waals surface area contributed by atoms with Gasteiger partial charge in [0.1, 0.15) is 11.6 Å². The maximum atomic E-state index is 4.56. The van der Waals surface area contributed by atoms with E-state index in [4.69, 9.17) is 0 Å². The van der Waals surface area contributed by atoms with Gasteiger partial charge in [0.25, 0.3) is 0 Å². The van der Waals surface area contributed by atoms with Gasteiger partial charge in [-0.2, -0.15) is 11.8 Å². The lowest BCUT2D eigenvalue weighted by Gasteiger charge is -2.08. The minimum absolute atomic E-state index is 0.919. The van der Waals surface area contributed by atoms with Gasteiger partial charge in [-0.25, -0.2) is 9.97 Å². The zero-order chi connectivity index (χ0) is 12.5. The summed E-state index contributed by atoms with van der Waals surface area (Å²) in [5.41, 5.74) is 1.13. The van der Waals surface area contributed by atoms with Gasteiger partial charge in [-0.1, -0.05) is 20.8 Å². The van der Waals surface area contributed by atoms with Gasteiger partial charge >= 0.3 is 0 Å². The molecule has 0 spiro atoms. The van der Waals surface area contributed by atoms with Crippen LogP contribution in [0.3, 0.4) is 0 Å². The highest BCUT2D eigenvalue weighted by molar-refractivity contribution is 7.98. The van der Waals surface area contributed by atoms with Crippen molar-refractivity contribution in [1.82, 2.24) is 9.97 Å². The molecule has 0 aliphatic carbocycles. The van der Waals surface area contributed by atoms with E-state index in [1.807, 2.05) is 11.8 Å². The van der Waals surface area contributed by atoms with Crippen molar-refractivity contribution in [3.8, 4) is 0 Å². The van der Waals surface area contributed by atoms with Crippen molar-refractivity contribution in [3.05, 3.63) is 17.6 Å². The topological polar surface area (TPSA) is 37.8 Å². The summed E-state index contributed by atoms with van der Waals surface area (Å²) in [6.07, 6.45) is 3.29. The molecule has 1 aromatic rings. The van der Waals surface area contributed by atoms with Gasteiger partial charge in [0.15, 0.2) is 0 Å². The summed E-state index contributed by atoms with van der Waals surface area (Å²) >= 11 is 1.91. The fourth-order valence-corrected chi connectivity index (χ4v) is 2.19. The van der Waals surface area contributed by atoms with Crippen LogP contribution < -0.4 is 5.32 Å². The Labute approximate surface area is 109 Å². The predicted molar refractivity (Wildman–Crippen MR) is 76.6 cm³/mol. The lowest BCUT2D eigenvalue weighted by atomic mass is 10.3. The maximum Gasteiger partial charge on any atom is 0.140 e. The van der Waals surface area contributed by atoms with Crippen molar-refractivity contribution in [3.63, 3.8) is 0 Å². The normalized spacial score (nSPS) is 10.5. The summed E-state index contributed by atoms with van der Waals surface area (Å²) < 4.78 is 0. The van der Waals surface area contributed by atoms with Crippen LogP contribution in [0.5, 0.6) is 0 Å². The van der Waals surface area contributed by atoms with Crippen molar-refractivity contribution < 1.29 is 0 Å². The van der Waals surface area contributed by atoms with Gasteiger partial charge in [-0.05, 0) is 25.0 Å². The second-order valence-electron chi connectivity index (χ2n) is 3.99. The van der Waals surface area contributed by atoms with Crippen molar-refractivity contribution in [2.45, 2.75) is 45.8 Å². The molecule has 1 rings (SSSR count). The first kappa shape index (κ1) is 14.3. The standard InChI is InChI=1S/C13H23N3S/c1-4-7-14-12-9-11(6-3)15-13(16-12)10-17-8-5-2/h9H,4-8,10H2,1-3H3,(H,14,15,16). The molecule has 1 N–H and O–H groups in total. The average molecular weight is 253 g/mol. The van der Waals surface area contributed by atoms with E-state index < -0.39 is 0 Å². The number of anilines is 1. The Morgan fingerprint density at radius 2 is 2.00 bits per heavy atom. The van der Waals surface area contributed by atoms with Gasteiger partial charge in [-0.3, -0.25) is 0 Å². The van der Waals surface area contributed by atoms with E-state index in [-0.39, 0.29) is 0 Å². The Bertz CT molecular complexity index is 328. The number of hydrogen-bond acceptors (Lipinski definition) is 4. The molecule has 0 radical (unpaired) electrons. The first-order chi connectivity index (χ1) is 8.30. The smallest absolute Gasteiger partial charge is 0.140 e. The molecule has 0 amide bonds. The second-order valence-corrected chi connectivity index (χ2v) is 5.10. The first-order valence-electron chi connectivity index (χ1n) is 6.48. The molecular weight excluding hydrogens is 230 g/mol. The molecule has 0 unspecified atom stereocenters. The fraction of sp³-hybridized carbons (Fsp3) is 0.692. The van der Waals surface area contributed by atoms with E-state index in [1.54, 1.807) is 0 Å². The minimum atomic E-state index is 0.919. The third kappa shape index (κ3) is 5.39. The highest BCUT2D eigenvalue weighted by Gasteiger charge is 2.03. The monoisotopic (exact) mass is 253 g/mol. The molecule has 0 saturated carbocycles. The zero-order valence-electron chi connectivity index (χ0n) is 11.1. The Kier molecular flexibility index (Phi) is 7.01. The molecule has 17 heavy (non-hydrogen) atoms. The molecule has 0 atom stereocenters. The number of nitrogens with zero attached hydrogens (tertiary/aromatic N) is 2. The van der Waals surface area contributed by atoms with Crippen LogP contribution in [0.2, 0.25) is 0 Å². The highest BCUT2D eigenvalue weighted by atomic mass is 32.2. The van der Waals surface area contributed by atoms with Crippen LogP contribution in [0.25, 0.3) is 0 Å². The lowest BCUT2D eigenvalue weighted by Crippen LogP contribution is -2.06. The number of nitrogens with one attached hydrogen (secondary N) is 1. The molecule has 0 saturated heterocycles. The molecular formula is C13H23N3S. The molecule has 0 aliphatic rings. The van der Waals surface area contributed by atoms with Crippen LogP contribution in [0, 0.1) is 0 Å². The number of rotatable bonds is 8. The van der Waals surface area contributed by atoms with Crippen LogP contribution in [0.15, 0.2) is 6.07 Å². The van der Waals surface area contributed by atoms with Crippen molar-refractivity contribution in [2.24, 2.45) is 0 Å². The third-order valence-corrected chi connectivity index (χ3v) is 3.48. The first-order valence-corrected chi connectivity index (χ1v) is 7.64. The third-order valence-electron chi connectivity index (χ3n) is 2.32. The zero-order valence-corrected chi connectivity index (χ0v) is 11.9.